The molecule has 0 saturated heterocycles. The Kier molecular flexibility index (Phi) is 11.7. The molecule has 0 fully saturated rings. The zero-order valence-electron chi connectivity index (χ0n) is 41.7. The van der Waals surface area contributed by atoms with E-state index in [1.807, 2.05) is 85.2 Å². The number of nitrogens with zero attached hydrogens (tertiary/aromatic N) is 12. The van der Waals surface area contributed by atoms with Crippen molar-refractivity contribution in [2.45, 2.75) is 0 Å². The van der Waals surface area contributed by atoms with Gasteiger partial charge in [0.25, 0.3) is 0 Å². The summed E-state index contributed by atoms with van der Waals surface area (Å²) in [5.41, 5.74) is 15.2. The van der Waals surface area contributed by atoms with Gasteiger partial charge in [-0.05, 0) is 135 Å². The molecule has 0 aliphatic rings. The van der Waals surface area contributed by atoms with E-state index in [0.29, 0.717) is 84.6 Å². The molecule has 12 heteroatoms. The maximum Gasteiger partial charge on any atom is 0.189 e. The first-order valence-corrected chi connectivity index (χ1v) is 24.5. The van der Waals surface area contributed by atoms with Gasteiger partial charge in [-0.2, -0.15) is 10.5 Å². The van der Waals surface area contributed by atoms with Gasteiger partial charge in [0, 0.05) is 38.2 Å². The van der Waals surface area contributed by atoms with Crippen LogP contribution in [-0.2, 0) is 0 Å². The number of aromatic nitrogens is 3. The molecule has 0 aliphatic carbocycles. The fraction of sp³-hybridized carbons (Fsp3) is 0. The van der Waals surface area contributed by atoms with Crippen LogP contribution in [0.4, 0.5) is 39.8 Å². The van der Waals surface area contributed by atoms with Gasteiger partial charge < -0.3 is 9.13 Å². The van der Waals surface area contributed by atoms with Gasteiger partial charge in [-0.25, -0.2) is 33.9 Å². The summed E-state index contributed by atoms with van der Waals surface area (Å²) in [5, 5.41) is 23.3. The summed E-state index contributed by atoms with van der Waals surface area (Å²) in [7, 11) is 0. The molecule has 9 aromatic carbocycles. The van der Waals surface area contributed by atoms with Crippen molar-refractivity contribution in [2.75, 3.05) is 0 Å². The van der Waals surface area contributed by atoms with Crippen LogP contribution in [0.25, 0.3) is 145 Å². The van der Waals surface area contributed by atoms with Crippen LogP contribution in [0.3, 0.4) is 0 Å². The van der Waals surface area contributed by atoms with Crippen LogP contribution in [0.1, 0.15) is 11.1 Å². The molecule has 362 valence electrons. The standard InChI is InChI=1S/C68H30N12/c1-71-51-14-8-42(9-15-51)68-66(79-62-16-10-43(47-20-40(36-69)22-52(24-47)72-2)30-58(62)60-32-45(12-18-64(60)79)49-26-54(74-4)34-55(27-49)75-5)38-78-39-67(68)80-63-17-11-44(48-21-41(37-70)23-53(25-48)73-3)31-59(63)61-33-46(13-19-65(61)80)50-28-56(76-6)35-57(29-50)77-7/h8-35,38-39H. The summed E-state index contributed by atoms with van der Waals surface area (Å²) in [5.74, 6) is 0. The van der Waals surface area contributed by atoms with Gasteiger partial charge >= 0.3 is 0 Å². The summed E-state index contributed by atoms with van der Waals surface area (Å²) in [6, 6.07) is 56.4. The molecule has 0 spiro atoms. The van der Waals surface area contributed by atoms with Crippen LogP contribution in [0.2, 0.25) is 0 Å². The van der Waals surface area contributed by atoms with E-state index in [2.05, 4.69) is 67.3 Å². The predicted octanol–water partition coefficient (Wildman–Crippen LogP) is 19.2. The lowest BCUT2D eigenvalue weighted by molar-refractivity contribution is 1.09. The van der Waals surface area contributed by atoms with Crippen molar-refractivity contribution in [2.24, 2.45) is 0 Å². The van der Waals surface area contributed by atoms with E-state index >= 15 is 0 Å². The average molecular weight is 1020 g/mol. The Morgan fingerprint density at radius 3 is 0.887 bits per heavy atom. The highest BCUT2D eigenvalue weighted by atomic mass is 15.0. The number of hydrogen-bond acceptors (Lipinski definition) is 3. The molecule has 0 amide bonds. The van der Waals surface area contributed by atoms with Gasteiger partial charge in [-0.1, -0.05) is 84.9 Å². The van der Waals surface area contributed by atoms with Crippen LogP contribution in [0, 0.1) is 68.7 Å². The summed E-state index contributed by atoms with van der Waals surface area (Å²) in [4.78, 5) is 30.8. The second-order valence-corrected chi connectivity index (χ2v) is 18.7. The molecule has 12 aromatic rings. The Hall–Kier alpha value is -12.9. The highest BCUT2D eigenvalue weighted by molar-refractivity contribution is 6.14. The first-order valence-electron chi connectivity index (χ1n) is 24.5. The molecule has 80 heavy (non-hydrogen) atoms. The van der Waals surface area contributed by atoms with E-state index in [0.717, 1.165) is 77.0 Å². The molecule has 0 atom stereocenters. The molecule has 0 radical (unpaired) electrons. The van der Waals surface area contributed by atoms with Crippen molar-refractivity contribution < 1.29 is 0 Å². The molecule has 0 aliphatic heterocycles. The normalized spacial score (nSPS) is 10.6. The van der Waals surface area contributed by atoms with Crippen molar-refractivity contribution in [1.29, 1.82) is 10.5 Å². The Bertz CT molecular complexity index is 4440. The highest BCUT2D eigenvalue weighted by Gasteiger charge is 2.24. The van der Waals surface area contributed by atoms with E-state index in [-0.39, 0.29) is 0 Å². The smallest absolute Gasteiger partial charge is 0.189 e. The minimum Gasteiger partial charge on any atom is -0.307 e. The number of rotatable bonds is 7. The van der Waals surface area contributed by atoms with E-state index in [9.17, 15) is 10.5 Å². The Labute approximate surface area is 458 Å². The minimum absolute atomic E-state index is 0.333. The minimum atomic E-state index is 0.333. The van der Waals surface area contributed by atoms with Crippen LogP contribution < -0.4 is 0 Å². The van der Waals surface area contributed by atoms with Crippen molar-refractivity contribution >= 4 is 83.4 Å². The van der Waals surface area contributed by atoms with Crippen molar-refractivity contribution in [3.8, 4) is 79.1 Å². The SMILES string of the molecule is [C-]#[N+]c1ccc(-c2c(-n3c4ccc(-c5cc(C#N)cc([N+]#[C-])c5)cc4c4cc(-c5cc([N+]#[C-])cc([N+]#[C-])c5)ccc43)cncc2-n2c3ccc(-c4cc(C#N)cc([N+]#[C-])c4)cc3c3cc(-c4cc([N+]#[C-])cc([N+]#[C-])c4)ccc32)cc1. The number of fused-ring (bicyclic) bond motifs is 6. The van der Waals surface area contributed by atoms with Gasteiger partial charge in [0.15, 0.2) is 39.8 Å². The molecule has 0 bridgehead atoms. The third-order valence-electron chi connectivity index (χ3n) is 14.2. The Morgan fingerprint density at radius 2 is 0.588 bits per heavy atom. The van der Waals surface area contributed by atoms with E-state index in [4.69, 9.17) is 51.0 Å². The molecule has 3 aromatic heterocycles. The third kappa shape index (κ3) is 8.17. The maximum absolute atomic E-state index is 9.98. The largest absolute Gasteiger partial charge is 0.307 e. The summed E-state index contributed by atoms with van der Waals surface area (Å²) in [6.07, 6.45) is 3.64. The van der Waals surface area contributed by atoms with Gasteiger partial charge in [0.2, 0.25) is 0 Å². The fourth-order valence-electron chi connectivity index (χ4n) is 10.7. The third-order valence-corrected chi connectivity index (χ3v) is 14.2. The van der Waals surface area contributed by atoms with Crippen molar-refractivity contribution in [3.05, 3.63) is 273 Å². The van der Waals surface area contributed by atoms with Crippen LogP contribution in [-0.4, -0.2) is 14.1 Å². The van der Waals surface area contributed by atoms with Gasteiger partial charge in [0.1, 0.15) is 0 Å². The molecular weight excluding hydrogens is 985 g/mol. The summed E-state index contributed by atoms with van der Waals surface area (Å²) < 4.78 is 4.31. The van der Waals surface area contributed by atoms with E-state index < -0.39 is 0 Å². The average Bonchev–Trinajstić information content (AvgIpc) is 4.16. The molecular formula is C68H30N12. The molecule has 0 saturated carbocycles. The fourth-order valence-corrected chi connectivity index (χ4v) is 10.7. The zero-order chi connectivity index (χ0) is 55.2. The van der Waals surface area contributed by atoms with Crippen LogP contribution >= 0.6 is 0 Å². The van der Waals surface area contributed by atoms with E-state index in [1.165, 1.54) is 0 Å². The zero-order valence-corrected chi connectivity index (χ0v) is 41.7. The Morgan fingerprint density at radius 1 is 0.300 bits per heavy atom. The van der Waals surface area contributed by atoms with Gasteiger partial charge in [-0.3, -0.25) is 4.98 Å². The molecule has 0 unspecified atom stereocenters. The molecule has 0 N–H and O–H groups in total. The second-order valence-electron chi connectivity index (χ2n) is 18.7. The quantitative estimate of drug-likeness (QED) is 0.149. The van der Waals surface area contributed by atoms with Crippen LogP contribution in [0.5, 0.6) is 0 Å². The van der Waals surface area contributed by atoms with Gasteiger partial charge in [-0.15, -0.1) is 0 Å². The predicted molar refractivity (Wildman–Crippen MR) is 313 cm³/mol. The first-order chi connectivity index (χ1) is 39.2. The number of nitriles is 2. The van der Waals surface area contributed by atoms with Crippen molar-refractivity contribution in [3.63, 3.8) is 0 Å². The second kappa shape index (κ2) is 19.4. The summed E-state index contributed by atoms with van der Waals surface area (Å²) in [6.45, 7) is 54.8. The lowest BCUT2D eigenvalue weighted by Crippen LogP contribution is -2.05. The first kappa shape index (κ1) is 48.1. The molecule has 3 heterocycles. The number of benzene rings is 9. The van der Waals surface area contributed by atoms with Crippen LogP contribution in [0.15, 0.2) is 182 Å². The van der Waals surface area contributed by atoms with Crippen molar-refractivity contribution in [1.82, 2.24) is 14.1 Å². The monoisotopic (exact) mass is 1010 g/mol. The maximum atomic E-state index is 9.98. The number of pyridine rings is 1. The highest BCUT2D eigenvalue weighted by Crippen LogP contribution is 2.46. The lowest BCUT2D eigenvalue weighted by atomic mass is 9.98. The molecule has 12 nitrogen and oxygen atoms in total. The molecule has 12 rings (SSSR count). The number of hydrogen-bond donors (Lipinski definition) is 0. The van der Waals surface area contributed by atoms with Gasteiger partial charge in [0.05, 0.1) is 104 Å². The summed E-state index contributed by atoms with van der Waals surface area (Å²) >= 11 is 0. The topological polar surface area (TPSA) is 101 Å². The van der Waals surface area contributed by atoms with E-state index in [1.54, 1.807) is 84.9 Å². The Balaban J connectivity index is 1.17. The lowest BCUT2D eigenvalue weighted by Gasteiger charge is -2.20.